The summed E-state index contributed by atoms with van der Waals surface area (Å²) < 4.78 is 7.04. The van der Waals surface area contributed by atoms with Crippen LogP contribution in [0.4, 0.5) is 5.69 Å². The molecule has 1 amide bonds. The number of amides is 1. The van der Waals surface area contributed by atoms with Gasteiger partial charge in [-0.05, 0) is 18.2 Å². The molecule has 6 nitrogen and oxygen atoms in total. The van der Waals surface area contributed by atoms with Crippen molar-refractivity contribution in [3.8, 4) is 5.75 Å². The fourth-order valence-corrected chi connectivity index (χ4v) is 1.56. The molecule has 6 heteroatoms. The Kier molecular flexibility index (Phi) is 4.02. The van der Waals surface area contributed by atoms with Gasteiger partial charge in [-0.2, -0.15) is 5.10 Å². The number of carbonyl (C=O) groups is 1. The SMILES string of the molecule is Cn1ccc(C(=O)NCCOc2ccccc2N)n1. The molecule has 3 N–H and O–H groups in total. The Labute approximate surface area is 111 Å². The Bertz CT molecular complexity index is 565. The van der Waals surface area contributed by atoms with Gasteiger partial charge < -0.3 is 15.8 Å². The highest BCUT2D eigenvalue weighted by atomic mass is 16.5. The van der Waals surface area contributed by atoms with Crippen LogP contribution < -0.4 is 15.8 Å². The Morgan fingerprint density at radius 3 is 2.89 bits per heavy atom. The fourth-order valence-electron chi connectivity index (χ4n) is 1.56. The molecule has 0 saturated carbocycles. The van der Waals surface area contributed by atoms with Crippen LogP contribution in [-0.2, 0) is 7.05 Å². The minimum atomic E-state index is -0.217. The molecule has 1 aromatic heterocycles. The molecule has 2 rings (SSSR count). The molecule has 100 valence electrons. The number of ether oxygens (including phenoxy) is 1. The van der Waals surface area contributed by atoms with Gasteiger partial charge in [-0.3, -0.25) is 9.48 Å². The monoisotopic (exact) mass is 260 g/mol. The first-order valence-corrected chi connectivity index (χ1v) is 5.92. The van der Waals surface area contributed by atoms with E-state index in [1.54, 1.807) is 36.1 Å². The van der Waals surface area contributed by atoms with E-state index in [-0.39, 0.29) is 5.91 Å². The molecule has 0 radical (unpaired) electrons. The molecular formula is C13H16N4O2. The highest BCUT2D eigenvalue weighted by molar-refractivity contribution is 5.92. The minimum absolute atomic E-state index is 0.217. The van der Waals surface area contributed by atoms with Crippen molar-refractivity contribution in [2.45, 2.75) is 0 Å². The van der Waals surface area contributed by atoms with Crippen molar-refractivity contribution >= 4 is 11.6 Å². The number of carbonyl (C=O) groups excluding carboxylic acids is 1. The van der Waals surface area contributed by atoms with E-state index in [2.05, 4.69) is 10.4 Å². The molecule has 2 aromatic rings. The van der Waals surface area contributed by atoms with E-state index >= 15 is 0 Å². The Hall–Kier alpha value is -2.50. The maximum atomic E-state index is 11.7. The summed E-state index contributed by atoms with van der Waals surface area (Å²) in [6.07, 6.45) is 1.72. The van der Waals surface area contributed by atoms with Gasteiger partial charge in [0.2, 0.25) is 0 Å². The lowest BCUT2D eigenvalue weighted by Crippen LogP contribution is -2.28. The van der Waals surface area contributed by atoms with Crippen molar-refractivity contribution in [2.24, 2.45) is 7.05 Å². The molecule has 19 heavy (non-hydrogen) atoms. The van der Waals surface area contributed by atoms with Crippen LogP contribution in [0.2, 0.25) is 0 Å². The average molecular weight is 260 g/mol. The zero-order valence-corrected chi connectivity index (χ0v) is 10.7. The largest absolute Gasteiger partial charge is 0.490 e. The minimum Gasteiger partial charge on any atom is -0.490 e. The normalized spacial score (nSPS) is 10.2. The second-order valence-corrected chi connectivity index (χ2v) is 4.02. The molecule has 1 heterocycles. The maximum Gasteiger partial charge on any atom is 0.271 e. The zero-order valence-electron chi connectivity index (χ0n) is 10.7. The number of hydrogen-bond acceptors (Lipinski definition) is 4. The summed E-state index contributed by atoms with van der Waals surface area (Å²) in [6, 6.07) is 8.90. The van der Waals surface area contributed by atoms with E-state index in [1.807, 2.05) is 12.1 Å². The van der Waals surface area contributed by atoms with Crippen LogP contribution in [0.15, 0.2) is 36.5 Å². The molecule has 0 spiro atoms. The van der Waals surface area contributed by atoms with Crippen molar-refractivity contribution in [1.82, 2.24) is 15.1 Å². The van der Waals surface area contributed by atoms with E-state index in [0.717, 1.165) is 0 Å². The summed E-state index contributed by atoms with van der Waals surface area (Å²) in [5, 5.41) is 6.73. The average Bonchev–Trinajstić information content (AvgIpc) is 2.83. The third kappa shape index (κ3) is 3.48. The van der Waals surface area contributed by atoms with Crippen molar-refractivity contribution in [3.05, 3.63) is 42.2 Å². The summed E-state index contributed by atoms with van der Waals surface area (Å²) in [5.74, 6) is 0.403. The van der Waals surface area contributed by atoms with Crippen molar-refractivity contribution in [3.63, 3.8) is 0 Å². The van der Waals surface area contributed by atoms with Crippen LogP contribution in [0.25, 0.3) is 0 Å². The number of nitrogen functional groups attached to an aromatic ring is 1. The van der Waals surface area contributed by atoms with E-state index in [4.69, 9.17) is 10.5 Å². The summed E-state index contributed by atoms with van der Waals surface area (Å²) in [4.78, 5) is 11.7. The number of rotatable bonds is 5. The zero-order chi connectivity index (χ0) is 13.7. The summed E-state index contributed by atoms with van der Waals surface area (Å²) in [6.45, 7) is 0.747. The third-order valence-electron chi connectivity index (χ3n) is 2.51. The smallest absolute Gasteiger partial charge is 0.271 e. The van der Waals surface area contributed by atoms with Gasteiger partial charge in [0.15, 0.2) is 0 Å². The second kappa shape index (κ2) is 5.90. The van der Waals surface area contributed by atoms with Gasteiger partial charge in [-0.25, -0.2) is 0 Å². The van der Waals surface area contributed by atoms with Gasteiger partial charge in [0.1, 0.15) is 18.1 Å². The highest BCUT2D eigenvalue weighted by Crippen LogP contribution is 2.19. The van der Waals surface area contributed by atoms with E-state index in [9.17, 15) is 4.79 Å². The van der Waals surface area contributed by atoms with Crippen molar-refractivity contribution < 1.29 is 9.53 Å². The van der Waals surface area contributed by atoms with Crippen LogP contribution in [0.5, 0.6) is 5.75 Å². The maximum absolute atomic E-state index is 11.7. The standard InChI is InChI=1S/C13H16N4O2/c1-17-8-6-11(16-17)13(18)15-7-9-19-12-5-3-2-4-10(12)14/h2-6,8H,7,9,14H2,1H3,(H,15,18). The summed E-state index contributed by atoms with van der Waals surface area (Å²) in [7, 11) is 1.76. The van der Waals surface area contributed by atoms with Gasteiger partial charge in [0, 0.05) is 13.2 Å². The number of para-hydroxylation sites is 2. The lowest BCUT2D eigenvalue weighted by Gasteiger charge is -2.08. The van der Waals surface area contributed by atoms with Gasteiger partial charge in [0.05, 0.1) is 12.2 Å². The Morgan fingerprint density at radius 2 is 2.21 bits per heavy atom. The summed E-state index contributed by atoms with van der Waals surface area (Å²) >= 11 is 0. The molecule has 0 aliphatic rings. The predicted octanol–water partition coefficient (Wildman–Crippen LogP) is 0.811. The van der Waals surface area contributed by atoms with Gasteiger partial charge in [-0.1, -0.05) is 12.1 Å². The fraction of sp³-hybridized carbons (Fsp3) is 0.231. The number of aryl methyl sites for hydroxylation is 1. The molecule has 0 aliphatic heterocycles. The van der Waals surface area contributed by atoms with Gasteiger partial charge in [-0.15, -0.1) is 0 Å². The van der Waals surface area contributed by atoms with Crippen LogP contribution in [0, 0.1) is 0 Å². The number of nitrogens with zero attached hydrogens (tertiary/aromatic N) is 2. The Morgan fingerprint density at radius 1 is 1.42 bits per heavy atom. The van der Waals surface area contributed by atoms with Crippen molar-refractivity contribution in [1.29, 1.82) is 0 Å². The third-order valence-corrected chi connectivity index (χ3v) is 2.51. The van der Waals surface area contributed by atoms with E-state index in [1.165, 1.54) is 0 Å². The van der Waals surface area contributed by atoms with E-state index < -0.39 is 0 Å². The molecule has 0 bridgehead atoms. The molecule has 0 saturated heterocycles. The number of anilines is 1. The van der Waals surface area contributed by atoms with Gasteiger partial charge in [0.25, 0.3) is 5.91 Å². The number of nitrogens with one attached hydrogen (secondary N) is 1. The lowest BCUT2D eigenvalue weighted by atomic mass is 10.3. The highest BCUT2D eigenvalue weighted by Gasteiger charge is 2.07. The first-order chi connectivity index (χ1) is 9.16. The van der Waals surface area contributed by atoms with E-state index in [0.29, 0.717) is 30.3 Å². The molecule has 0 atom stereocenters. The quantitative estimate of drug-likeness (QED) is 0.615. The number of aromatic nitrogens is 2. The summed E-state index contributed by atoms with van der Waals surface area (Å²) in [5.41, 5.74) is 6.70. The molecule has 0 unspecified atom stereocenters. The van der Waals surface area contributed by atoms with Crippen molar-refractivity contribution in [2.75, 3.05) is 18.9 Å². The molecule has 1 aromatic carbocycles. The van der Waals surface area contributed by atoms with Crippen LogP contribution in [0.1, 0.15) is 10.5 Å². The predicted molar refractivity (Wildman–Crippen MR) is 71.9 cm³/mol. The molecule has 0 fully saturated rings. The number of nitrogens with two attached hydrogens (primary N) is 1. The Balaban J connectivity index is 1.75. The second-order valence-electron chi connectivity index (χ2n) is 4.02. The number of hydrogen-bond donors (Lipinski definition) is 2. The van der Waals surface area contributed by atoms with Crippen LogP contribution in [-0.4, -0.2) is 28.8 Å². The molecular weight excluding hydrogens is 244 g/mol. The number of benzene rings is 1. The van der Waals surface area contributed by atoms with Gasteiger partial charge >= 0.3 is 0 Å². The lowest BCUT2D eigenvalue weighted by molar-refractivity contribution is 0.0941. The van der Waals surface area contributed by atoms with Crippen LogP contribution >= 0.6 is 0 Å². The van der Waals surface area contributed by atoms with Crippen LogP contribution in [0.3, 0.4) is 0 Å². The topological polar surface area (TPSA) is 82.2 Å². The first-order valence-electron chi connectivity index (χ1n) is 5.92. The first kappa shape index (κ1) is 12.9. The molecule has 0 aliphatic carbocycles.